The van der Waals surface area contributed by atoms with Gasteiger partial charge in [0.2, 0.25) is 0 Å². The Kier molecular flexibility index (Phi) is 1.97. The van der Waals surface area contributed by atoms with E-state index in [0.29, 0.717) is 0 Å². The third kappa shape index (κ3) is 1.16. The molecule has 0 spiro atoms. The summed E-state index contributed by atoms with van der Waals surface area (Å²) in [5, 5.41) is 8.04. The summed E-state index contributed by atoms with van der Waals surface area (Å²) >= 11 is 0. The number of aromatic nitrogens is 2. The molecule has 0 fully saturated rings. The lowest BCUT2D eigenvalue weighted by Crippen LogP contribution is -1.85. The number of benzene rings is 1. The number of hydrogen-bond donors (Lipinski definition) is 1. The average Bonchev–Trinajstić information content (AvgIpc) is 2.63. The number of aromatic amines is 1. The number of nitrogens with one attached hydrogen (secondary N) is 1. The van der Waals surface area contributed by atoms with Crippen molar-refractivity contribution in [3.8, 4) is 0 Å². The molecule has 0 atom stereocenters. The maximum Gasteiger partial charge on any atom is 0.0656 e. The Labute approximate surface area is 83.0 Å². The lowest BCUT2D eigenvalue weighted by molar-refractivity contribution is 1.12. The van der Waals surface area contributed by atoms with Crippen LogP contribution in [0.25, 0.3) is 22.6 Å². The molecule has 0 unspecified atom stereocenters. The topological polar surface area (TPSA) is 28.7 Å². The summed E-state index contributed by atoms with van der Waals surface area (Å²) < 4.78 is 0. The second-order valence-corrected chi connectivity index (χ2v) is 3.34. The highest BCUT2D eigenvalue weighted by Crippen LogP contribution is 2.25. The minimum Gasteiger partial charge on any atom is -0.278 e. The molecule has 0 aliphatic rings. The standard InChI is InChI=1S/C12H12N2/c1-4-9-10(8(2)3)5-6-12-11(9)7-13-14-12/h4-7H,1-2H2,3H3,(H,13,14). The first kappa shape index (κ1) is 8.75. The van der Waals surface area contributed by atoms with Crippen molar-refractivity contribution in [2.24, 2.45) is 0 Å². The third-order valence-corrected chi connectivity index (χ3v) is 2.33. The molecule has 70 valence electrons. The second-order valence-electron chi connectivity index (χ2n) is 3.34. The zero-order valence-electron chi connectivity index (χ0n) is 8.17. The lowest BCUT2D eigenvalue weighted by atomic mass is 9.99. The van der Waals surface area contributed by atoms with Crippen molar-refractivity contribution in [2.75, 3.05) is 0 Å². The molecule has 0 radical (unpaired) electrons. The number of fused-ring (bicyclic) bond motifs is 1. The summed E-state index contributed by atoms with van der Waals surface area (Å²) in [6, 6.07) is 4.05. The molecule has 2 heteroatoms. The molecular weight excluding hydrogens is 172 g/mol. The predicted octanol–water partition coefficient (Wildman–Crippen LogP) is 3.24. The Morgan fingerprint density at radius 2 is 2.29 bits per heavy atom. The van der Waals surface area contributed by atoms with Gasteiger partial charge in [0.1, 0.15) is 0 Å². The van der Waals surface area contributed by atoms with Crippen LogP contribution in [-0.2, 0) is 0 Å². The molecule has 2 rings (SSSR count). The predicted molar refractivity (Wildman–Crippen MR) is 60.9 cm³/mol. The minimum atomic E-state index is 1.03. The Balaban J connectivity index is 2.85. The van der Waals surface area contributed by atoms with Gasteiger partial charge >= 0.3 is 0 Å². The van der Waals surface area contributed by atoms with Gasteiger partial charge < -0.3 is 0 Å². The van der Waals surface area contributed by atoms with Crippen molar-refractivity contribution in [1.29, 1.82) is 0 Å². The Bertz CT molecular complexity index is 506. The molecule has 2 nitrogen and oxygen atoms in total. The van der Waals surface area contributed by atoms with E-state index in [1.807, 2.05) is 31.3 Å². The first-order chi connectivity index (χ1) is 6.74. The molecule has 1 heterocycles. The van der Waals surface area contributed by atoms with Crippen LogP contribution in [0.15, 0.2) is 31.5 Å². The molecule has 0 aliphatic heterocycles. The average molecular weight is 184 g/mol. The fraction of sp³-hybridized carbons (Fsp3) is 0.0833. The maximum atomic E-state index is 4.01. The zero-order valence-corrected chi connectivity index (χ0v) is 8.17. The van der Waals surface area contributed by atoms with Gasteiger partial charge in [-0.15, -0.1) is 0 Å². The normalized spacial score (nSPS) is 10.4. The van der Waals surface area contributed by atoms with E-state index in [4.69, 9.17) is 0 Å². The number of rotatable bonds is 2. The molecule has 14 heavy (non-hydrogen) atoms. The third-order valence-electron chi connectivity index (χ3n) is 2.33. The summed E-state index contributed by atoms with van der Waals surface area (Å²) in [5.41, 5.74) is 4.31. The lowest BCUT2D eigenvalue weighted by Gasteiger charge is -2.05. The van der Waals surface area contributed by atoms with Crippen LogP contribution in [-0.4, -0.2) is 10.2 Å². The van der Waals surface area contributed by atoms with E-state index >= 15 is 0 Å². The molecule has 1 aromatic carbocycles. The molecule has 1 aromatic heterocycles. The minimum absolute atomic E-state index is 1.03. The molecule has 0 aliphatic carbocycles. The van der Waals surface area contributed by atoms with E-state index in [-0.39, 0.29) is 0 Å². The fourth-order valence-electron chi connectivity index (χ4n) is 1.63. The van der Waals surface area contributed by atoms with Crippen LogP contribution in [0.2, 0.25) is 0 Å². The van der Waals surface area contributed by atoms with Gasteiger partial charge in [-0.05, 0) is 24.1 Å². The largest absolute Gasteiger partial charge is 0.278 e. The van der Waals surface area contributed by atoms with E-state index in [1.165, 1.54) is 0 Å². The highest BCUT2D eigenvalue weighted by molar-refractivity contribution is 5.92. The van der Waals surface area contributed by atoms with Crippen LogP contribution in [0.5, 0.6) is 0 Å². The Morgan fingerprint density at radius 1 is 1.50 bits per heavy atom. The van der Waals surface area contributed by atoms with Crippen molar-refractivity contribution in [3.05, 3.63) is 42.6 Å². The smallest absolute Gasteiger partial charge is 0.0656 e. The molecule has 0 saturated carbocycles. The maximum absolute atomic E-state index is 4.01. The van der Waals surface area contributed by atoms with Gasteiger partial charge in [-0.25, -0.2) is 0 Å². The number of H-pyrrole nitrogens is 1. The number of allylic oxidation sites excluding steroid dienone is 1. The summed E-state index contributed by atoms with van der Waals surface area (Å²) in [4.78, 5) is 0. The quantitative estimate of drug-likeness (QED) is 0.762. The van der Waals surface area contributed by atoms with E-state index in [0.717, 1.165) is 27.6 Å². The Morgan fingerprint density at radius 3 is 2.93 bits per heavy atom. The van der Waals surface area contributed by atoms with Crippen LogP contribution in [0.3, 0.4) is 0 Å². The van der Waals surface area contributed by atoms with Gasteiger partial charge in [0.15, 0.2) is 0 Å². The second kappa shape index (κ2) is 3.14. The summed E-state index contributed by atoms with van der Waals surface area (Å²) in [7, 11) is 0. The van der Waals surface area contributed by atoms with Crippen molar-refractivity contribution in [3.63, 3.8) is 0 Å². The van der Waals surface area contributed by atoms with Gasteiger partial charge in [0.25, 0.3) is 0 Å². The van der Waals surface area contributed by atoms with Crippen molar-refractivity contribution < 1.29 is 0 Å². The summed E-state index contributed by atoms with van der Waals surface area (Å²) in [6.45, 7) is 9.76. The number of nitrogens with zero attached hydrogens (tertiary/aromatic N) is 1. The molecule has 0 saturated heterocycles. The van der Waals surface area contributed by atoms with Gasteiger partial charge in [0.05, 0.1) is 11.7 Å². The van der Waals surface area contributed by atoms with Crippen molar-refractivity contribution >= 4 is 22.6 Å². The monoisotopic (exact) mass is 184 g/mol. The molecule has 2 aromatic rings. The van der Waals surface area contributed by atoms with Crippen LogP contribution in [0.4, 0.5) is 0 Å². The van der Waals surface area contributed by atoms with E-state index in [2.05, 4.69) is 23.4 Å². The highest BCUT2D eigenvalue weighted by Gasteiger charge is 2.06. The van der Waals surface area contributed by atoms with Gasteiger partial charge in [-0.3, -0.25) is 5.10 Å². The van der Waals surface area contributed by atoms with Crippen LogP contribution >= 0.6 is 0 Å². The highest BCUT2D eigenvalue weighted by atomic mass is 15.1. The summed E-state index contributed by atoms with van der Waals surface area (Å²) in [6.07, 6.45) is 3.67. The van der Waals surface area contributed by atoms with Crippen LogP contribution < -0.4 is 0 Å². The van der Waals surface area contributed by atoms with Crippen molar-refractivity contribution in [2.45, 2.75) is 6.92 Å². The molecule has 1 N–H and O–H groups in total. The van der Waals surface area contributed by atoms with Gasteiger partial charge in [-0.2, -0.15) is 5.10 Å². The first-order valence-corrected chi connectivity index (χ1v) is 4.48. The van der Waals surface area contributed by atoms with Gasteiger partial charge in [-0.1, -0.05) is 30.9 Å². The number of hydrogen-bond acceptors (Lipinski definition) is 1. The molecule has 0 bridgehead atoms. The summed E-state index contributed by atoms with van der Waals surface area (Å²) in [5.74, 6) is 0. The van der Waals surface area contributed by atoms with Crippen LogP contribution in [0.1, 0.15) is 18.1 Å². The molecule has 0 amide bonds. The zero-order chi connectivity index (χ0) is 10.1. The van der Waals surface area contributed by atoms with Crippen molar-refractivity contribution in [1.82, 2.24) is 10.2 Å². The van der Waals surface area contributed by atoms with E-state index in [9.17, 15) is 0 Å². The SMILES string of the molecule is C=Cc1c(C(=C)C)ccc2[nH]ncc12. The van der Waals surface area contributed by atoms with E-state index in [1.54, 1.807) is 0 Å². The first-order valence-electron chi connectivity index (χ1n) is 4.48. The van der Waals surface area contributed by atoms with E-state index < -0.39 is 0 Å². The van der Waals surface area contributed by atoms with Crippen LogP contribution in [0, 0.1) is 0 Å². The Hall–Kier alpha value is -1.83. The molecular formula is C12H12N2. The fourth-order valence-corrected chi connectivity index (χ4v) is 1.63. The van der Waals surface area contributed by atoms with Gasteiger partial charge in [0, 0.05) is 5.39 Å².